The van der Waals surface area contributed by atoms with Gasteiger partial charge in [0.05, 0.1) is 18.2 Å². The third-order valence-corrected chi connectivity index (χ3v) is 4.39. The number of methoxy groups -OCH3 is 1. The average Bonchev–Trinajstić information content (AvgIpc) is 2.93. The van der Waals surface area contributed by atoms with Gasteiger partial charge in [-0.25, -0.2) is 4.79 Å². The number of carbonyl (C=O) groups is 3. The minimum Gasteiger partial charge on any atom is -0.454 e. The normalized spacial score (nSPS) is 11.8. The van der Waals surface area contributed by atoms with Crippen molar-refractivity contribution in [2.75, 3.05) is 25.6 Å². The molecule has 2 aromatic rings. The van der Waals surface area contributed by atoms with Crippen LogP contribution in [0.2, 0.25) is 0 Å². The molecule has 2 rings (SSSR count). The number of aryl methyl sites for hydroxylation is 1. The Morgan fingerprint density at radius 3 is 2.54 bits per heavy atom. The van der Waals surface area contributed by atoms with Crippen LogP contribution < -0.4 is 5.32 Å². The lowest BCUT2D eigenvalue weighted by Crippen LogP contribution is -2.17. The number of nitrogens with zero attached hydrogens (tertiary/aromatic N) is 1. The molecule has 0 aliphatic carbocycles. The predicted molar refractivity (Wildman–Crippen MR) is 106 cm³/mol. The first-order valence-corrected chi connectivity index (χ1v) is 9.00. The molecule has 1 amide bonds. The lowest BCUT2D eigenvalue weighted by Gasteiger charge is -2.17. The van der Waals surface area contributed by atoms with Gasteiger partial charge in [0.1, 0.15) is 0 Å². The fraction of sp³-hybridized carbons (Fsp3) is 0.381. The molecule has 7 nitrogen and oxygen atoms in total. The number of rotatable bonds is 8. The number of esters is 1. The summed E-state index contributed by atoms with van der Waals surface area (Å²) in [5.41, 5.74) is 3.04. The predicted octanol–water partition coefficient (Wildman–Crippen LogP) is 3.31. The molecule has 0 aliphatic heterocycles. The number of hydrogen-bond donors (Lipinski definition) is 1. The van der Waals surface area contributed by atoms with Crippen molar-refractivity contribution in [3.05, 3.63) is 52.8 Å². The second kappa shape index (κ2) is 9.32. The summed E-state index contributed by atoms with van der Waals surface area (Å²) in [5.74, 6) is -1.13. The summed E-state index contributed by atoms with van der Waals surface area (Å²) in [7, 11) is 1.64. The van der Waals surface area contributed by atoms with Gasteiger partial charge in [-0.15, -0.1) is 0 Å². The summed E-state index contributed by atoms with van der Waals surface area (Å²) in [6, 6.07) is 8.26. The Bertz CT molecular complexity index is 885. The molecule has 0 saturated carbocycles. The number of ketones is 1. The summed E-state index contributed by atoms with van der Waals surface area (Å²) >= 11 is 0. The van der Waals surface area contributed by atoms with Gasteiger partial charge in [0.15, 0.2) is 6.61 Å². The lowest BCUT2D eigenvalue weighted by atomic mass is 10.1. The SMILES string of the molecule is COC[C@H](C)n1c(C)cc(C(=O)COC(=O)c2cccc(NC(C)=O)c2)c1C. The molecule has 1 N–H and O–H groups in total. The first-order chi connectivity index (χ1) is 13.2. The van der Waals surface area contributed by atoms with Crippen molar-refractivity contribution in [2.24, 2.45) is 0 Å². The maximum atomic E-state index is 12.6. The van der Waals surface area contributed by atoms with Gasteiger partial charge in [-0.3, -0.25) is 9.59 Å². The van der Waals surface area contributed by atoms with Gasteiger partial charge in [-0.05, 0) is 45.0 Å². The molecule has 0 fully saturated rings. The van der Waals surface area contributed by atoms with Crippen molar-refractivity contribution >= 4 is 23.3 Å². The Kier molecular flexibility index (Phi) is 7.12. The van der Waals surface area contributed by atoms with Crippen LogP contribution in [0.1, 0.15) is 52.0 Å². The number of carbonyl (C=O) groups excluding carboxylic acids is 3. The molecule has 0 unspecified atom stereocenters. The minimum absolute atomic E-state index is 0.0885. The molecular formula is C21H26N2O5. The number of benzene rings is 1. The van der Waals surface area contributed by atoms with Crippen LogP contribution in [0.3, 0.4) is 0 Å². The average molecular weight is 386 g/mol. The van der Waals surface area contributed by atoms with Gasteiger partial charge in [-0.2, -0.15) is 0 Å². The zero-order chi connectivity index (χ0) is 20.8. The maximum absolute atomic E-state index is 12.6. The largest absolute Gasteiger partial charge is 0.454 e. The number of Topliss-reactive ketones (excluding diaryl/α,β-unsaturated/α-hetero) is 1. The van der Waals surface area contributed by atoms with Crippen LogP contribution in [0.4, 0.5) is 5.69 Å². The van der Waals surface area contributed by atoms with E-state index in [0.29, 0.717) is 17.9 Å². The summed E-state index contributed by atoms with van der Waals surface area (Å²) in [6.07, 6.45) is 0. The fourth-order valence-corrected chi connectivity index (χ4v) is 3.27. The Balaban J connectivity index is 2.07. The van der Waals surface area contributed by atoms with Gasteiger partial charge < -0.3 is 19.4 Å². The van der Waals surface area contributed by atoms with Crippen molar-refractivity contribution in [2.45, 2.75) is 33.7 Å². The highest BCUT2D eigenvalue weighted by Gasteiger charge is 2.20. The van der Waals surface area contributed by atoms with E-state index in [1.54, 1.807) is 31.4 Å². The molecule has 28 heavy (non-hydrogen) atoms. The molecule has 1 atom stereocenters. The van der Waals surface area contributed by atoms with E-state index in [2.05, 4.69) is 5.32 Å². The molecule has 7 heteroatoms. The summed E-state index contributed by atoms with van der Waals surface area (Å²) in [5, 5.41) is 2.60. The molecule has 0 spiro atoms. The highest BCUT2D eigenvalue weighted by atomic mass is 16.5. The molecule has 0 bridgehead atoms. The van der Waals surface area contributed by atoms with Crippen LogP contribution in [0.25, 0.3) is 0 Å². The van der Waals surface area contributed by atoms with E-state index in [9.17, 15) is 14.4 Å². The highest BCUT2D eigenvalue weighted by Crippen LogP contribution is 2.21. The standard InChI is InChI=1S/C21H26N2O5/c1-13-9-19(15(3)23(13)14(2)11-27-5)20(25)12-28-21(26)17-7-6-8-18(10-17)22-16(4)24/h6-10,14H,11-12H2,1-5H3,(H,22,24)/t14-/m0/s1. The van der Waals surface area contributed by atoms with E-state index in [0.717, 1.165) is 11.4 Å². The number of ether oxygens (including phenoxy) is 2. The molecule has 150 valence electrons. The third-order valence-electron chi connectivity index (χ3n) is 4.39. The van der Waals surface area contributed by atoms with E-state index in [1.165, 1.54) is 13.0 Å². The maximum Gasteiger partial charge on any atom is 0.338 e. The number of aromatic nitrogens is 1. The topological polar surface area (TPSA) is 86.6 Å². The lowest BCUT2D eigenvalue weighted by molar-refractivity contribution is -0.114. The molecule has 1 heterocycles. The molecule has 0 radical (unpaired) electrons. The van der Waals surface area contributed by atoms with Crippen LogP contribution >= 0.6 is 0 Å². The molecule has 0 aliphatic rings. The van der Waals surface area contributed by atoms with Gasteiger partial charge in [0.25, 0.3) is 0 Å². The number of amides is 1. The molecular weight excluding hydrogens is 360 g/mol. The molecule has 0 saturated heterocycles. The first-order valence-electron chi connectivity index (χ1n) is 9.00. The Morgan fingerprint density at radius 1 is 1.18 bits per heavy atom. The zero-order valence-electron chi connectivity index (χ0n) is 16.9. The van der Waals surface area contributed by atoms with E-state index in [4.69, 9.17) is 9.47 Å². The van der Waals surface area contributed by atoms with Crippen LogP contribution in [-0.2, 0) is 14.3 Å². The Labute approximate surface area is 164 Å². The van der Waals surface area contributed by atoms with Crippen LogP contribution in [0, 0.1) is 13.8 Å². The number of nitrogens with one attached hydrogen (secondary N) is 1. The quantitative estimate of drug-likeness (QED) is 0.556. The van der Waals surface area contributed by atoms with Crippen LogP contribution in [0.5, 0.6) is 0 Å². The molecule has 1 aromatic heterocycles. The van der Waals surface area contributed by atoms with Crippen molar-refractivity contribution in [1.29, 1.82) is 0 Å². The Hall–Kier alpha value is -2.93. The van der Waals surface area contributed by atoms with Gasteiger partial charge >= 0.3 is 5.97 Å². The zero-order valence-corrected chi connectivity index (χ0v) is 16.9. The number of hydrogen-bond acceptors (Lipinski definition) is 5. The van der Waals surface area contributed by atoms with Crippen molar-refractivity contribution in [1.82, 2.24) is 4.57 Å². The highest BCUT2D eigenvalue weighted by molar-refractivity contribution is 6.00. The third kappa shape index (κ3) is 5.07. The fourth-order valence-electron chi connectivity index (χ4n) is 3.27. The molecule has 1 aromatic carbocycles. The van der Waals surface area contributed by atoms with Gasteiger partial charge in [0, 0.05) is 36.7 Å². The summed E-state index contributed by atoms with van der Waals surface area (Å²) in [6.45, 7) is 7.36. The van der Waals surface area contributed by atoms with Gasteiger partial charge in [-0.1, -0.05) is 6.07 Å². The van der Waals surface area contributed by atoms with Crippen molar-refractivity contribution in [3.63, 3.8) is 0 Å². The van der Waals surface area contributed by atoms with Crippen LogP contribution in [0.15, 0.2) is 30.3 Å². The summed E-state index contributed by atoms with van der Waals surface area (Å²) < 4.78 is 12.4. The minimum atomic E-state index is -0.623. The first kappa shape index (κ1) is 21.4. The Morgan fingerprint density at radius 2 is 1.89 bits per heavy atom. The van der Waals surface area contributed by atoms with E-state index in [-0.39, 0.29) is 29.9 Å². The number of anilines is 1. The van der Waals surface area contributed by atoms with Crippen LogP contribution in [-0.4, -0.2) is 42.6 Å². The second-order valence-electron chi connectivity index (χ2n) is 6.72. The smallest absolute Gasteiger partial charge is 0.338 e. The van der Waals surface area contributed by atoms with Crippen molar-refractivity contribution in [3.8, 4) is 0 Å². The van der Waals surface area contributed by atoms with E-state index < -0.39 is 5.97 Å². The van der Waals surface area contributed by atoms with Gasteiger partial charge in [0.2, 0.25) is 11.7 Å². The van der Waals surface area contributed by atoms with E-state index >= 15 is 0 Å². The summed E-state index contributed by atoms with van der Waals surface area (Å²) in [4.78, 5) is 36.0. The monoisotopic (exact) mass is 386 g/mol. The second-order valence-corrected chi connectivity index (χ2v) is 6.72. The van der Waals surface area contributed by atoms with E-state index in [1.807, 2.05) is 25.3 Å². The van der Waals surface area contributed by atoms with Crippen molar-refractivity contribution < 1.29 is 23.9 Å².